The van der Waals surface area contributed by atoms with E-state index in [9.17, 15) is 9.59 Å². The van der Waals surface area contributed by atoms with Crippen molar-refractivity contribution in [1.82, 2.24) is 0 Å². The van der Waals surface area contributed by atoms with Crippen molar-refractivity contribution in [3.63, 3.8) is 0 Å². The monoisotopic (exact) mass is 385 g/mol. The summed E-state index contributed by atoms with van der Waals surface area (Å²) in [5, 5.41) is 5.06. The lowest BCUT2D eigenvalue weighted by atomic mass is 10.3. The van der Waals surface area contributed by atoms with Crippen LogP contribution in [-0.4, -0.2) is 31.3 Å². The zero-order valence-electron chi connectivity index (χ0n) is 12.9. The average Bonchev–Trinajstić information content (AvgIpc) is 3.06. The van der Waals surface area contributed by atoms with E-state index in [0.717, 1.165) is 5.75 Å². The Morgan fingerprint density at radius 2 is 2.17 bits per heavy atom. The second kappa shape index (κ2) is 9.56. The number of anilines is 1. The van der Waals surface area contributed by atoms with E-state index in [1.165, 1.54) is 23.7 Å². The van der Waals surface area contributed by atoms with E-state index in [1.54, 1.807) is 29.5 Å². The minimum Gasteiger partial charge on any atom is -0.495 e. The topological polar surface area (TPSA) is 64.6 Å². The molecule has 0 unspecified atom stereocenters. The molecule has 0 aliphatic rings. The highest BCUT2D eigenvalue weighted by Gasteiger charge is 2.11. The van der Waals surface area contributed by atoms with Crippen LogP contribution in [0.25, 0.3) is 0 Å². The summed E-state index contributed by atoms with van der Waals surface area (Å²) in [6.45, 7) is -0.353. The number of benzene rings is 1. The number of methoxy groups -OCH3 is 1. The van der Waals surface area contributed by atoms with E-state index in [2.05, 4.69) is 5.32 Å². The Morgan fingerprint density at radius 1 is 1.33 bits per heavy atom. The number of carbonyl (C=O) groups is 2. The highest BCUT2D eigenvalue weighted by Crippen LogP contribution is 2.27. The van der Waals surface area contributed by atoms with Crippen molar-refractivity contribution in [2.75, 3.05) is 24.8 Å². The molecule has 1 aromatic carbocycles. The van der Waals surface area contributed by atoms with Crippen molar-refractivity contribution in [3.8, 4) is 5.75 Å². The first-order valence-electron chi connectivity index (χ1n) is 6.97. The summed E-state index contributed by atoms with van der Waals surface area (Å²) in [5.41, 5.74) is 0.429. The largest absolute Gasteiger partial charge is 0.495 e. The molecule has 0 atom stereocenters. The number of thioether (sulfide) groups is 1. The molecular formula is C16H16ClNO4S2. The fraction of sp³-hybridized carbons (Fsp3) is 0.250. The molecule has 0 spiro atoms. The Morgan fingerprint density at radius 3 is 2.88 bits per heavy atom. The van der Waals surface area contributed by atoms with E-state index in [1.807, 2.05) is 17.5 Å². The summed E-state index contributed by atoms with van der Waals surface area (Å²) in [6, 6.07) is 8.84. The molecule has 0 saturated heterocycles. The first kappa shape index (κ1) is 18.6. The fourth-order valence-electron chi connectivity index (χ4n) is 1.78. The van der Waals surface area contributed by atoms with Crippen LogP contribution in [0.4, 0.5) is 5.69 Å². The zero-order valence-corrected chi connectivity index (χ0v) is 15.3. The Balaban J connectivity index is 1.72. The van der Waals surface area contributed by atoms with Gasteiger partial charge in [-0.2, -0.15) is 0 Å². The van der Waals surface area contributed by atoms with Gasteiger partial charge in [0.15, 0.2) is 6.61 Å². The number of rotatable bonds is 8. The SMILES string of the molecule is COc1ccc(Cl)cc1NC(=O)COC(=O)CSCc1cccs1. The number of hydrogen-bond donors (Lipinski definition) is 1. The van der Waals surface area contributed by atoms with Crippen LogP contribution in [0.1, 0.15) is 4.88 Å². The zero-order chi connectivity index (χ0) is 17.4. The number of nitrogens with one attached hydrogen (secondary N) is 1. The number of ether oxygens (including phenoxy) is 2. The van der Waals surface area contributed by atoms with Gasteiger partial charge in [-0.15, -0.1) is 23.1 Å². The third kappa shape index (κ3) is 6.07. The number of esters is 1. The molecule has 0 aliphatic carbocycles. The van der Waals surface area contributed by atoms with Crippen LogP contribution in [0.5, 0.6) is 5.75 Å². The number of halogens is 1. The minimum absolute atomic E-state index is 0.200. The van der Waals surface area contributed by atoms with Gasteiger partial charge >= 0.3 is 5.97 Å². The Labute approximate surface area is 153 Å². The van der Waals surface area contributed by atoms with Gasteiger partial charge in [0, 0.05) is 15.7 Å². The summed E-state index contributed by atoms with van der Waals surface area (Å²) in [4.78, 5) is 24.7. The van der Waals surface area contributed by atoms with Gasteiger partial charge in [-0.3, -0.25) is 9.59 Å². The smallest absolute Gasteiger partial charge is 0.316 e. The normalized spacial score (nSPS) is 10.2. The van der Waals surface area contributed by atoms with Crippen LogP contribution >= 0.6 is 34.7 Å². The lowest BCUT2D eigenvalue weighted by Gasteiger charge is -2.10. The molecule has 1 heterocycles. The van der Waals surface area contributed by atoms with Crippen LogP contribution in [-0.2, 0) is 20.1 Å². The van der Waals surface area contributed by atoms with Gasteiger partial charge in [0.05, 0.1) is 18.6 Å². The molecule has 24 heavy (non-hydrogen) atoms. The molecule has 1 N–H and O–H groups in total. The van der Waals surface area contributed by atoms with E-state index in [4.69, 9.17) is 21.1 Å². The van der Waals surface area contributed by atoms with Crippen LogP contribution in [0, 0.1) is 0 Å². The highest BCUT2D eigenvalue weighted by atomic mass is 35.5. The van der Waals surface area contributed by atoms with Gasteiger partial charge in [0.25, 0.3) is 5.91 Å². The molecule has 0 saturated carbocycles. The van der Waals surface area contributed by atoms with Crippen molar-refractivity contribution in [2.45, 2.75) is 5.75 Å². The molecule has 8 heteroatoms. The molecule has 0 radical (unpaired) electrons. The highest BCUT2D eigenvalue weighted by molar-refractivity contribution is 7.99. The minimum atomic E-state index is -0.452. The summed E-state index contributed by atoms with van der Waals surface area (Å²) >= 11 is 8.98. The van der Waals surface area contributed by atoms with Gasteiger partial charge in [-0.1, -0.05) is 17.7 Å². The average molecular weight is 386 g/mol. The van der Waals surface area contributed by atoms with Crippen LogP contribution < -0.4 is 10.1 Å². The van der Waals surface area contributed by atoms with Gasteiger partial charge in [-0.25, -0.2) is 0 Å². The molecule has 2 rings (SSSR count). The Bertz CT molecular complexity index is 691. The number of hydrogen-bond acceptors (Lipinski definition) is 6. The van der Waals surface area contributed by atoms with Crippen molar-refractivity contribution in [1.29, 1.82) is 0 Å². The standard InChI is InChI=1S/C16H16ClNO4S2/c1-21-14-5-4-11(17)7-13(14)18-15(19)8-22-16(20)10-23-9-12-3-2-6-24-12/h2-7H,8-10H2,1H3,(H,18,19). The Kier molecular flexibility index (Phi) is 7.42. The maximum Gasteiger partial charge on any atom is 0.316 e. The Hall–Kier alpha value is -1.70. The molecule has 0 bridgehead atoms. The van der Waals surface area contributed by atoms with E-state index in [0.29, 0.717) is 16.5 Å². The van der Waals surface area contributed by atoms with E-state index < -0.39 is 11.9 Å². The summed E-state index contributed by atoms with van der Waals surface area (Å²) in [5.74, 6) is 0.548. The fourth-order valence-corrected chi connectivity index (χ4v) is 3.61. The quantitative estimate of drug-likeness (QED) is 0.699. The van der Waals surface area contributed by atoms with Crippen LogP contribution in [0.15, 0.2) is 35.7 Å². The molecular weight excluding hydrogens is 370 g/mol. The summed E-state index contributed by atoms with van der Waals surface area (Å²) < 4.78 is 10.1. The third-order valence-corrected chi connectivity index (χ3v) is 5.09. The number of amides is 1. The lowest BCUT2D eigenvalue weighted by molar-refractivity contribution is -0.144. The second-order valence-electron chi connectivity index (χ2n) is 4.63. The van der Waals surface area contributed by atoms with Crippen LogP contribution in [0.2, 0.25) is 5.02 Å². The third-order valence-electron chi connectivity index (χ3n) is 2.84. The molecule has 0 aliphatic heterocycles. The number of carbonyl (C=O) groups excluding carboxylic acids is 2. The van der Waals surface area contributed by atoms with Gasteiger partial charge < -0.3 is 14.8 Å². The van der Waals surface area contributed by atoms with E-state index >= 15 is 0 Å². The van der Waals surface area contributed by atoms with Gasteiger partial charge in [0.1, 0.15) is 5.75 Å². The molecule has 2 aromatic rings. The van der Waals surface area contributed by atoms with Gasteiger partial charge in [-0.05, 0) is 29.6 Å². The molecule has 5 nitrogen and oxygen atoms in total. The van der Waals surface area contributed by atoms with Crippen molar-refractivity contribution in [3.05, 3.63) is 45.6 Å². The predicted molar refractivity (Wildman–Crippen MR) is 98.1 cm³/mol. The summed E-state index contributed by atoms with van der Waals surface area (Å²) in [6.07, 6.45) is 0. The summed E-state index contributed by atoms with van der Waals surface area (Å²) in [7, 11) is 1.49. The first-order valence-corrected chi connectivity index (χ1v) is 9.39. The number of thiophene rings is 1. The maximum atomic E-state index is 11.9. The van der Waals surface area contributed by atoms with Crippen molar-refractivity contribution in [2.24, 2.45) is 0 Å². The van der Waals surface area contributed by atoms with Crippen molar-refractivity contribution >= 4 is 52.3 Å². The van der Waals surface area contributed by atoms with E-state index in [-0.39, 0.29) is 12.4 Å². The second-order valence-corrected chi connectivity index (χ2v) is 7.08. The van der Waals surface area contributed by atoms with Gasteiger partial charge in [0.2, 0.25) is 0 Å². The molecule has 0 fully saturated rings. The molecule has 1 amide bonds. The first-order chi connectivity index (χ1) is 11.6. The maximum absolute atomic E-state index is 11.9. The molecule has 1 aromatic heterocycles. The molecule has 128 valence electrons. The van der Waals surface area contributed by atoms with Crippen LogP contribution in [0.3, 0.4) is 0 Å². The lowest BCUT2D eigenvalue weighted by Crippen LogP contribution is -2.22. The van der Waals surface area contributed by atoms with Crippen molar-refractivity contribution < 1.29 is 19.1 Å². The predicted octanol–water partition coefficient (Wildman–Crippen LogP) is 3.83.